The summed E-state index contributed by atoms with van der Waals surface area (Å²) in [6.45, 7) is 1.94. The van der Waals surface area contributed by atoms with Gasteiger partial charge in [0.1, 0.15) is 33.6 Å². The molecule has 1 unspecified atom stereocenters. The summed E-state index contributed by atoms with van der Waals surface area (Å²) in [6.07, 6.45) is 5.05. The number of carbonyl (C=O) groups excluding carboxylic acids is 1. The standard InChI is InChI=1S/C27H19N3O3S/c1-17-20(14-19-10-5-6-11-22(19)33-17)15-21(16-28)26-29-24(18-8-3-2-4-9-18)27(34-26)30-25(31)23-12-7-13-32-23/h2-15,17H,1H3,(H,30,31)/b21-15+. The third-order valence-electron chi connectivity index (χ3n) is 5.32. The predicted molar refractivity (Wildman–Crippen MR) is 132 cm³/mol. The third kappa shape index (κ3) is 4.27. The monoisotopic (exact) mass is 465 g/mol. The minimum Gasteiger partial charge on any atom is -0.485 e. The summed E-state index contributed by atoms with van der Waals surface area (Å²) in [7, 11) is 0. The zero-order valence-corrected chi connectivity index (χ0v) is 19.0. The molecule has 0 fully saturated rings. The highest BCUT2D eigenvalue weighted by molar-refractivity contribution is 7.17. The predicted octanol–water partition coefficient (Wildman–Crippen LogP) is 6.43. The number of aromatic nitrogens is 1. The fraction of sp³-hybridized carbons (Fsp3) is 0.0741. The molecule has 3 heterocycles. The second kappa shape index (κ2) is 9.22. The van der Waals surface area contributed by atoms with E-state index >= 15 is 0 Å². The summed E-state index contributed by atoms with van der Waals surface area (Å²) in [4.78, 5) is 17.4. The lowest BCUT2D eigenvalue weighted by Crippen LogP contribution is -2.17. The van der Waals surface area contributed by atoms with Gasteiger partial charge in [0.05, 0.1) is 11.8 Å². The topological polar surface area (TPSA) is 88.1 Å². The van der Waals surface area contributed by atoms with Gasteiger partial charge < -0.3 is 14.5 Å². The van der Waals surface area contributed by atoms with Crippen molar-refractivity contribution >= 4 is 33.9 Å². The van der Waals surface area contributed by atoms with Crippen LogP contribution in [0.1, 0.15) is 28.0 Å². The van der Waals surface area contributed by atoms with E-state index in [1.54, 1.807) is 18.2 Å². The van der Waals surface area contributed by atoms with Gasteiger partial charge in [-0.25, -0.2) is 4.98 Å². The van der Waals surface area contributed by atoms with E-state index in [-0.39, 0.29) is 17.8 Å². The van der Waals surface area contributed by atoms with Crippen molar-refractivity contribution in [1.29, 1.82) is 5.26 Å². The zero-order valence-electron chi connectivity index (χ0n) is 18.2. The number of benzene rings is 2. The Bertz CT molecular complexity index is 1440. The van der Waals surface area contributed by atoms with Crippen LogP contribution in [0.4, 0.5) is 5.00 Å². The Morgan fingerprint density at radius 3 is 2.68 bits per heavy atom. The first-order valence-corrected chi connectivity index (χ1v) is 11.4. The van der Waals surface area contributed by atoms with Gasteiger partial charge in [-0.3, -0.25) is 4.79 Å². The van der Waals surface area contributed by atoms with E-state index in [1.165, 1.54) is 17.6 Å². The number of furan rings is 1. The molecule has 6 nitrogen and oxygen atoms in total. The van der Waals surface area contributed by atoms with E-state index in [0.717, 1.165) is 22.4 Å². The number of anilines is 1. The van der Waals surface area contributed by atoms with Gasteiger partial charge in [-0.2, -0.15) is 5.26 Å². The summed E-state index contributed by atoms with van der Waals surface area (Å²) in [5.41, 5.74) is 3.64. The molecule has 166 valence electrons. The lowest BCUT2D eigenvalue weighted by molar-refractivity contribution is 0.0997. The van der Waals surface area contributed by atoms with Crippen molar-refractivity contribution in [2.24, 2.45) is 0 Å². The van der Waals surface area contributed by atoms with E-state index in [4.69, 9.17) is 14.1 Å². The number of nitrogens with one attached hydrogen (secondary N) is 1. The molecular formula is C27H19N3O3S. The van der Waals surface area contributed by atoms with E-state index in [1.807, 2.05) is 67.6 Å². The van der Waals surface area contributed by atoms with Crippen LogP contribution in [-0.4, -0.2) is 17.0 Å². The molecule has 1 aliphatic rings. The molecule has 0 spiro atoms. The molecular weight excluding hydrogens is 446 g/mol. The number of ether oxygens (including phenoxy) is 1. The Hall–Kier alpha value is -4.41. The molecule has 5 rings (SSSR count). The van der Waals surface area contributed by atoms with Crippen LogP contribution in [0, 0.1) is 11.3 Å². The van der Waals surface area contributed by atoms with Crippen molar-refractivity contribution in [1.82, 2.24) is 4.98 Å². The molecule has 34 heavy (non-hydrogen) atoms. The third-order valence-corrected chi connectivity index (χ3v) is 6.33. The molecule has 1 N–H and O–H groups in total. The molecule has 2 aromatic heterocycles. The lowest BCUT2D eigenvalue weighted by atomic mass is 10.0. The molecule has 1 aliphatic heterocycles. The quantitative estimate of drug-likeness (QED) is 0.343. The van der Waals surface area contributed by atoms with E-state index in [0.29, 0.717) is 21.3 Å². The SMILES string of the molecule is CC1Oc2ccccc2C=C1/C=C(\C#N)c1nc(-c2ccccc2)c(NC(=O)c2ccco2)s1. The van der Waals surface area contributed by atoms with Crippen LogP contribution in [0.25, 0.3) is 22.9 Å². The van der Waals surface area contributed by atoms with Crippen LogP contribution in [0.3, 0.4) is 0 Å². The van der Waals surface area contributed by atoms with E-state index in [9.17, 15) is 10.1 Å². The van der Waals surface area contributed by atoms with Gasteiger partial charge in [0, 0.05) is 11.1 Å². The van der Waals surface area contributed by atoms with Crippen molar-refractivity contribution < 1.29 is 13.9 Å². The molecule has 1 atom stereocenters. The Balaban J connectivity index is 1.55. The lowest BCUT2D eigenvalue weighted by Gasteiger charge is -2.22. The van der Waals surface area contributed by atoms with Gasteiger partial charge in [-0.05, 0) is 42.8 Å². The number of nitriles is 1. The number of thiazole rings is 1. The minimum atomic E-state index is -0.381. The average molecular weight is 466 g/mol. The second-order valence-corrected chi connectivity index (χ2v) is 8.61. The van der Waals surface area contributed by atoms with Crippen molar-refractivity contribution in [3.05, 3.63) is 101 Å². The molecule has 1 amide bonds. The Morgan fingerprint density at radius 1 is 1.12 bits per heavy atom. The van der Waals surface area contributed by atoms with Crippen LogP contribution >= 0.6 is 11.3 Å². The highest BCUT2D eigenvalue weighted by atomic mass is 32.1. The smallest absolute Gasteiger partial charge is 0.292 e. The first-order valence-electron chi connectivity index (χ1n) is 10.6. The van der Waals surface area contributed by atoms with Crippen LogP contribution in [0.2, 0.25) is 0 Å². The van der Waals surface area contributed by atoms with E-state index in [2.05, 4.69) is 11.4 Å². The molecule has 0 radical (unpaired) electrons. The number of fused-ring (bicyclic) bond motifs is 1. The number of amides is 1. The second-order valence-electron chi connectivity index (χ2n) is 7.61. The summed E-state index contributed by atoms with van der Waals surface area (Å²) in [6, 6.07) is 22.8. The normalized spacial score (nSPS) is 15.0. The average Bonchev–Trinajstić information content (AvgIpc) is 3.54. The summed E-state index contributed by atoms with van der Waals surface area (Å²) >= 11 is 1.24. The van der Waals surface area contributed by atoms with Crippen molar-refractivity contribution in [3.63, 3.8) is 0 Å². The Labute approximate surface area is 200 Å². The van der Waals surface area contributed by atoms with E-state index < -0.39 is 0 Å². The van der Waals surface area contributed by atoms with Crippen LogP contribution in [0.5, 0.6) is 5.75 Å². The Kier molecular flexibility index (Phi) is 5.81. The maximum absolute atomic E-state index is 12.7. The fourth-order valence-corrected chi connectivity index (χ4v) is 4.56. The molecule has 0 saturated heterocycles. The molecule has 0 saturated carbocycles. The van der Waals surface area contributed by atoms with Gasteiger partial charge in [-0.15, -0.1) is 0 Å². The number of hydrogen-bond acceptors (Lipinski definition) is 6. The summed E-state index contributed by atoms with van der Waals surface area (Å²) in [5, 5.41) is 13.9. The maximum atomic E-state index is 12.7. The van der Waals surface area contributed by atoms with Gasteiger partial charge in [-0.1, -0.05) is 59.9 Å². The molecule has 4 aromatic rings. The number of hydrogen-bond donors (Lipinski definition) is 1. The van der Waals surface area contributed by atoms with Crippen LogP contribution < -0.4 is 10.1 Å². The van der Waals surface area contributed by atoms with Crippen molar-refractivity contribution in [3.8, 4) is 23.1 Å². The van der Waals surface area contributed by atoms with Gasteiger partial charge >= 0.3 is 0 Å². The zero-order chi connectivity index (χ0) is 23.5. The van der Waals surface area contributed by atoms with Gasteiger partial charge in [0.25, 0.3) is 5.91 Å². The number of rotatable bonds is 5. The number of para-hydroxylation sites is 1. The number of carbonyl (C=O) groups is 1. The highest BCUT2D eigenvalue weighted by Crippen LogP contribution is 2.37. The van der Waals surface area contributed by atoms with Gasteiger partial charge in [0.2, 0.25) is 0 Å². The summed E-state index contributed by atoms with van der Waals surface area (Å²) in [5.74, 6) is 0.629. The highest BCUT2D eigenvalue weighted by Gasteiger charge is 2.22. The first kappa shape index (κ1) is 21.4. The van der Waals surface area contributed by atoms with Crippen molar-refractivity contribution in [2.75, 3.05) is 5.32 Å². The molecule has 0 bridgehead atoms. The first-order chi connectivity index (χ1) is 16.6. The minimum absolute atomic E-state index is 0.196. The number of nitrogens with zero attached hydrogens (tertiary/aromatic N) is 2. The van der Waals surface area contributed by atoms with Crippen molar-refractivity contribution in [2.45, 2.75) is 13.0 Å². The number of allylic oxidation sites excluding steroid dienone is 1. The molecule has 7 heteroatoms. The Morgan fingerprint density at radius 2 is 1.91 bits per heavy atom. The summed E-state index contributed by atoms with van der Waals surface area (Å²) < 4.78 is 11.2. The largest absolute Gasteiger partial charge is 0.485 e. The maximum Gasteiger partial charge on any atom is 0.292 e. The molecule has 0 aliphatic carbocycles. The van der Waals surface area contributed by atoms with Gasteiger partial charge in [0.15, 0.2) is 5.76 Å². The van der Waals surface area contributed by atoms with Crippen LogP contribution in [0.15, 0.2) is 89.1 Å². The van der Waals surface area contributed by atoms with Crippen LogP contribution in [-0.2, 0) is 0 Å². The molecule has 2 aromatic carbocycles. The fourth-order valence-electron chi connectivity index (χ4n) is 3.61.